The van der Waals surface area contributed by atoms with Crippen LogP contribution in [0.25, 0.3) is 0 Å². The summed E-state index contributed by atoms with van der Waals surface area (Å²) in [4.78, 5) is 11.8. The number of carbonyl (C=O) groups is 1. The second kappa shape index (κ2) is 7.47. The molecule has 3 nitrogen and oxygen atoms in total. The zero-order valence-electron chi connectivity index (χ0n) is 11.9. The van der Waals surface area contributed by atoms with Crippen LogP contribution in [0.2, 0.25) is 0 Å². The first-order valence-corrected chi connectivity index (χ1v) is 7.48. The highest BCUT2D eigenvalue weighted by Gasteiger charge is 2.21. The molecule has 112 valence electrons. The van der Waals surface area contributed by atoms with Crippen molar-refractivity contribution in [3.63, 3.8) is 0 Å². The molecule has 1 unspecified atom stereocenters. The molecule has 0 fully saturated rings. The van der Waals surface area contributed by atoms with E-state index in [0.29, 0.717) is 0 Å². The monoisotopic (exact) mass is 302 g/mol. The number of hydrogen-bond acceptors (Lipinski definition) is 3. The van der Waals surface area contributed by atoms with Gasteiger partial charge >= 0.3 is 0 Å². The molecule has 1 atom stereocenters. The second-order valence-corrected chi connectivity index (χ2v) is 5.95. The van der Waals surface area contributed by atoms with Crippen molar-refractivity contribution in [3.8, 4) is 0 Å². The average molecular weight is 302 g/mol. The van der Waals surface area contributed by atoms with Crippen LogP contribution in [0.3, 0.4) is 0 Å². The van der Waals surface area contributed by atoms with Gasteiger partial charge in [0.1, 0.15) is 11.6 Å². The van der Waals surface area contributed by atoms with Crippen LogP contribution in [0, 0.1) is 11.6 Å². The number of amides is 1. The van der Waals surface area contributed by atoms with Crippen molar-refractivity contribution in [1.29, 1.82) is 0 Å². The van der Waals surface area contributed by atoms with Crippen molar-refractivity contribution in [2.75, 3.05) is 5.73 Å². The Hall–Kier alpha value is -1.30. The number of halogens is 2. The number of anilines is 1. The van der Waals surface area contributed by atoms with Crippen LogP contribution in [0.15, 0.2) is 17.0 Å². The van der Waals surface area contributed by atoms with E-state index in [1.165, 1.54) is 0 Å². The van der Waals surface area contributed by atoms with E-state index in [2.05, 4.69) is 5.32 Å². The lowest BCUT2D eigenvalue weighted by atomic mass is 10.2. The van der Waals surface area contributed by atoms with Crippen LogP contribution in [0.4, 0.5) is 14.5 Å². The van der Waals surface area contributed by atoms with E-state index < -0.39 is 16.9 Å². The van der Waals surface area contributed by atoms with E-state index >= 15 is 0 Å². The Kier molecular flexibility index (Phi) is 6.26. The molecule has 1 amide bonds. The van der Waals surface area contributed by atoms with E-state index in [-0.39, 0.29) is 22.5 Å². The van der Waals surface area contributed by atoms with Crippen molar-refractivity contribution in [2.24, 2.45) is 0 Å². The van der Waals surface area contributed by atoms with Gasteiger partial charge < -0.3 is 11.1 Å². The van der Waals surface area contributed by atoms with Crippen LogP contribution in [-0.2, 0) is 4.79 Å². The normalized spacial score (nSPS) is 12.5. The van der Waals surface area contributed by atoms with Gasteiger partial charge in [0, 0.05) is 11.7 Å². The van der Waals surface area contributed by atoms with E-state index in [0.717, 1.165) is 36.7 Å². The third-order valence-corrected chi connectivity index (χ3v) is 4.21. The molecule has 6 heteroatoms. The Balaban J connectivity index is 2.76. The van der Waals surface area contributed by atoms with Gasteiger partial charge in [-0.3, -0.25) is 4.79 Å². The molecule has 0 saturated heterocycles. The maximum atomic E-state index is 13.7. The van der Waals surface area contributed by atoms with Gasteiger partial charge in [-0.25, -0.2) is 8.78 Å². The average Bonchev–Trinajstić information content (AvgIpc) is 2.39. The molecule has 0 aliphatic heterocycles. The Morgan fingerprint density at radius 1 is 1.30 bits per heavy atom. The highest BCUT2D eigenvalue weighted by Crippen LogP contribution is 2.30. The Bertz CT molecular complexity index is 455. The number of rotatable bonds is 6. The molecule has 0 bridgehead atoms. The van der Waals surface area contributed by atoms with Gasteiger partial charge in [0.25, 0.3) is 0 Å². The standard InChI is InChI=1S/C14H20F2N2OS/c1-4-10(5-2)18-14(19)8(3)20-13-11(15)6-9(17)7-12(13)16/h6-8,10H,4-5,17H2,1-3H3,(H,18,19). The highest BCUT2D eigenvalue weighted by molar-refractivity contribution is 8.00. The second-order valence-electron chi connectivity index (χ2n) is 4.60. The van der Waals surface area contributed by atoms with Crippen molar-refractivity contribution >= 4 is 23.4 Å². The van der Waals surface area contributed by atoms with Crippen molar-refractivity contribution in [2.45, 2.75) is 49.8 Å². The predicted octanol–water partition coefficient (Wildman–Crippen LogP) is 3.33. The van der Waals surface area contributed by atoms with Crippen LogP contribution in [0.1, 0.15) is 33.6 Å². The van der Waals surface area contributed by atoms with Crippen LogP contribution < -0.4 is 11.1 Å². The molecule has 3 N–H and O–H groups in total. The minimum atomic E-state index is -0.741. The van der Waals surface area contributed by atoms with Crippen molar-refractivity contribution in [1.82, 2.24) is 5.32 Å². The lowest BCUT2D eigenvalue weighted by Gasteiger charge is -2.18. The molecule has 0 radical (unpaired) electrons. The van der Waals surface area contributed by atoms with Crippen LogP contribution in [0.5, 0.6) is 0 Å². The summed E-state index contributed by atoms with van der Waals surface area (Å²) in [6.07, 6.45) is 1.65. The first-order valence-electron chi connectivity index (χ1n) is 6.60. The highest BCUT2D eigenvalue weighted by atomic mass is 32.2. The summed E-state index contributed by atoms with van der Waals surface area (Å²) in [5, 5.41) is 2.28. The fraction of sp³-hybridized carbons (Fsp3) is 0.500. The van der Waals surface area contributed by atoms with E-state index in [1.807, 2.05) is 13.8 Å². The summed E-state index contributed by atoms with van der Waals surface area (Å²) in [6, 6.07) is 2.19. The molecule has 0 aliphatic rings. The Labute approximate surface area is 122 Å². The molecule has 0 aliphatic carbocycles. The van der Waals surface area contributed by atoms with Gasteiger partial charge in [0.2, 0.25) is 5.91 Å². The summed E-state index contributed by atoms with van der Waals surface area (Å²) in [6.45, 7) is 5.58. The van der Waals surface area contributed by atoms with Gasteiger partial charge in [-0.1, -0.05) is 13.8 Å². The number of benzene rings is 1. The molecular formula is C14H20F2N2OS. The number of thioether (sulfide) groups is 1. The fourth-order valence-corrected chi connectivity index (χ4v) is 2.61. The summed E-state index contributed by atoms with van der Waals surface area (Å²) in [5.74, 6) is -1.70. The van der Waals surface area contributed by atoms with Crippen LogP contribution in [-0.4, -0.2) is 17.2 Å². The molecule has 0 heterocycles. The maximum Gasteiger partial charge on any atom is 0.233 e. The lowest BCUT2D eigenvalue weighted by Crippen LogP contribution is -2.38. The topological polar surface area (TPSA) is 55.1 Å². The van der Waals surface area contributed by atoms with Gasteiger partial charge in [-0.2, -0.15) is 0 Å². The SMILES string of the molecule is CCC(CC)NC(=O)C(C)Sc1c(F)cc(N)cc1F. The zero-order chi connectivity index (χ0) is 15.3. The molecular weight excluding hydrogens is 282 g/mol. The van der Waals surface area contributed by atoms with Gasteiger partial charge in [0.15, 0.2) is 0 Å². The minimum Gasteiger partial charge on any atom is -0.399 e. The summed E-state index contributed by atoms with van der Waals surface area (Å²) in [7, 11) is 0. The number of hydrogen-bond donors (Lipinski definition) is 2. The van der Waals surface area contributed by atoms with Gasteiger partial charge in [-0.05, 0) is 31.9 Å². The third-order valence-electron chi connectivity index (χ3n) is 3.02. The van der Waals surface area contributed by atoms with Crippen molar-refractivity contribution < 1.29 is 13.6 Å². The smallest absolute Gasteiger partial charge is 0.233 e. The molecule has 1 aromatic carbocycles. The predicted molar refractivity (Wildman–Crippen MR) is 78.6 cm³/mol. The van der Waals surface area contributed by atoms with Crippen LogP contribution >= 0.6 is 11.8 Å². The quantitative estimate of drug-likeness (QED) is 0.626. The number of nitrogen functional groups attached to an aromatic ring is 1. The first-order chi connectivity index (χ1) is 9.38. The minimum absolute atomic E-state index is 0.0264. The number of nitrogens with one attached hydrogen (secondary N) is 1. The van der Waals surface area contributed by atoms with E-state index in [4.69, 9.17) is 5.73 Å². The third kappa shape index (κ3) is 4.37. The summed E-state index contributed by atoms with van der Waals surface area (Å²) < 4.78 is 27.3. The van der Waals surface area contributed by atoms with Gasteiger partial charge in [0.05, 0.1) is 10.1 Å². The molecule has 0 spiro atoms. The number of nitrogens with two attached hydrogens (primary N) is 1. The largest absolute Gasteiger partial charge is 0.399 e. The fourth-order valence-electron chi connectivity index (χ4n) is 1.73. The zero-order valence-corrected chi connectivity index (χ0v) is 12.7. The maximum absolute atomic E-state index is 13.7. The lowest BCUT2D eigenvalue weighted by molar-refractivity contribution is -0.121. The molecule has 0 saturated carbocycles. The molecule has 1 rings (SSSR count). The summed E-state index contributed by atoms with van der Waals surface area (Å²) in [5.41, 5.74) is 5.38. The van der Waals surface area contributed by atoms with E-state index in [9.17, 15) is 13.6 Å². The van der Waals surface area contributed by atoms with Gasteiger partial charge in [-0.15, -0.1) is 11.8 Å². The Morgan fingerprint density at radius 2 is 1.80 bits per heavy atom. The first kappa shape index (κ1) is 16.8. The summed E-state index contributed by atoms with van der Waals surface area (Å²) >= 11 is 0.859. The molecule has 1 aromatic rings. The number of carbonyl (C=O) groups excluding carboxylic acids is 1. The molecule has 20 heavy (non-hydrogen) atoms. The molecule has 0 aromatic heterocycles. The van der Waals surface area contributed by atoms with E-state index in [1.54, 1.807) is 6.92 Å². The van der Waals surface area contributed by atoms with Crippen molar-refractivity contribution in [3.05, 3.63) is 23.8 Å². The Morgan fingerprint density at radius 3 is 2.25 bits per heavy atom.